The fourth-order valence-corrected chi connectivity index (χ4v) is 3.52. The van der Waals surface area contributed by atoms with Gasteiger partial charge in [-0.05, 0) is 39.7 Å². The lowest BCUT2D eigenvalue weighted by atomic mass is 9.97. The molecule has 0 saturated carbocycles. The minimum atomic E-state index is -0.698. The second kappa shape index (κ2) is 8.73. The van der Waals surface area contributed by atoms with Crippen molar-refractivity contribution in [1.29, 1.82) is 0 Å². The Balaban J connectivity index is 1.56. The molecule has 1 amide bonds. The number of amides is 1. The number of esters is 1. The summed E-state index contributed by atoms with van der Waals surface area (Å²) in [6.45, 7) is -0.598. The number of methoxy groups -OCH3 is 1. The molecule has 8 heteroatoms. The molecule has 4 rings (SSSR count). The van der Waals surface area contributed by atoms with Crippen molar-refractivity contribution < 1.29 is 24.0 Å². The van der Waals surface area contributed by atoms with Crippen LogP contribution in [0.15, 0.2) is 72.8 Å². The van der Waals surface area contributed by atoms with Crippen LogP contribution < -0.4 is 10.1 Å². The molecule has 0 bridgehead atoms. The van der Waals surface area contributed by atoms with Gasteiger partial charge in [0, 0.05) is 0 Å². The van der Waals surface area contributed by atoms with E-state index in [9.17, 15) is 19.7 Å². The fourth-order valence-electron chi connectivity index (χ4n) is 3.52. The van der Waals surface area contributed by atoms with Gasteiger partial charge in [0.1, 0.15) is 11.4 Å². The van der Waals surface area contributed by atoms with E-state index in [1.807, 2.05) is 54.6 Å². The molecule has 0 atom stereocenters. The van der Waals surface area contributed by atoms with Crippen LogP contribution in [0.2, 0.25) is 0 Å². The monoisotopic (exact) mass is 430 g/mol. The molecule has 0 aromatic heterocycles. The maximum Gasteiger partial charge on any atom is 0.339 e. The van der Waals surface area contributed by atoms with Crippen LogP contribution >= 0.6 is 0 Å². The lowest BCUT2D eigenvalue weighted by molar-refractivity contribution is -0.384. The highest BCUT2D eigenvalue weighted by Gasteiger charge is 2.20. The first-order chi connectivity index (χ1) is 15.5. The van der Waals surface area contributed by atoms with Gasteiger partial charge in [-0.2, -0.15) is 0 Å². The van der Waals surface area contributed by atoms with Gasteiger partial charge in [0.05, 0.1) is 23.7 Å². The summed E-state index contributed by atoms with van der Waals surface area (Å²) >= 11 is 0. The van der Waals surface area contributed by atoms with Crippen molar-refractivity contribution in [1.82, 2.24) is 0 Å². The average Bonchev–Trinajstić information content (AvgIpc) is 2.81. The molecule has 1 N–H and O–H groups in total. The zero-order valence-electron chi connectivity index (χ0n) is 17.0. The molecule has 0 aliphatic rings. The van der Waals surface area contributed by atoms with Crippen LogP contribution in [0.1, 0.15) is 10.4 Å². The number of rotatable bonds is 6. The van der Waals surface area contributed by atoms with E-state index >= 15 is 0 Å². The highest BCUT2D eigenvalue weighted by atomic mass is 16.6. The van der Waals surface area contributed by atoms with Crippen LogP contribution in [0.5, 0.6) is 5.75 Å². The Kier molecular flexibility index (Phi) is 5.67. The van der Waals surface area contributed by atoms with Crippen molar-refractivity contribution in [2.45, 2.75) is 0 Å². The number of anilines is 1. The summed E-state index contributed by atoms with van der Waals surface area (Å²) in [6, 6.07) is 20.8. The zero-order valence-corrected chi connectivity index (χ0v) is 17.0. The fraction of sp³-hybridized carbons (Fsp3) is 0.0833. The molecular weight excluding hydrogens is 412 g/mol. The smallest absolute Gasteiger partial charge is 0.339 e. The van der Waals surface area contributed by atoms with Gasteiger partial charge >= 0.3 is 5.97 Å². The summed E-state index contributed by atoms with van der Waals surface area (Å²) in [5.74, 6) is -1.07. The van der Waals surface area contributed by atoms with Crippen molar-refractivity contribution in [2.24, 2.45) is 0 Å². The second-order valence-corrected chi connectivity index (χ2v) is 6.96. The molecule has 8 nitrogen and oxygen atoms in total. The number of carbonyl (C=O) groups excluding carboxylic acids is 2. The number of hydrogen-bond donors (Lipinski definition) is 1. The van der Waals surface area contributed by atoms with Crippen molar-refractivity contribution in [3.05, 3.63) is 88.5 Å². The molecule has 0 aliphatic carbocycles. The summed E-state index contributed by atoms with van der Waals surface area (Å²) in [7, 11) is 1.38. The number of carbonyl (C=O) groups is 2. The maximum atomic E-state index is 13.0. The summed E-state index contributed by atoms with van der Waals surface area (Å²) < 4.78 is 10.3. The molecule has 0 aliphatic heterocycles. The highest BCUT2D eigenvalue weighted by molar-refractivity contribution is 6.16. The van der Waals surface area contributed by atoms with E-state index in [-0.39, 0.29) is 17.1 Å². The Morgan fingerprint density at radius 2 is 1.56 bits per heavy atom. The Morgan fingerprint density at radius 3 is 2.16 bits per heavy atom. The van der Waals surface area contributed by atoms with Crippen LogP contribution in [0.3, 0.4) is 0 Å². The zero-order chi connectivity index (χ0) is 22.7. The van der Waals surface area contributed by atoms with Gasteiger partial charge in [-0.15, -0.1) is 0 Å². The third-order valence-corrected chi connectivity index (χ3v) is 4.99. The highest BCUT2D eigenvalue weighted by Crippen LogP contribution is 2.30. The van der Waals surface area contributed by atoms with Gasteiger partial charge in [-0.3, -0.25) is 14.9 Å². The molecule has 0 saturated heterocycles. The molecule has 32 heavy (non-hydrogen) atoms. The molecule has 0 unspecified atom stereocenters. The lowest BCUT2D eigenvalue weighted by Crippen LogP contribution is -2.21. The summed E-state index contributed by atoms with van der Waals surface area (Å²) in [4.78, 5) is 36.0. The van der Waals surface area contributed by atoms with Gasteiger partial charge in [0.25, 0.3) is 11.6 Å². The van der Waals surface area contributed by atoms with E-state index in [1.165, 1.54) is 25.3 Å². The van der Waals surface area contributed by atoms with E-state index in [0.717, 1.165) is 10.8 Å². The lowest BCUT2D eigenvalue weighted by Gasteiger charge is -2.12. The minimum Gasteiger partial charge on any atom is -0.496 e. The Morgan fingerprint density at radius 1 is 0.938 bits per heavy atom. The molecule has 0 radical (unpaired) electrons. The van der Waals surface area contributed by atoms with Gasteiger partial charge in [0.15, 0.2) is 6.61 Å². The molecule has 4 aromatic carbocycles. The molecular formula is C24H18N2O6. The molecule has 4 aromatic rings. The SMILES string of the molecule is COc1ccc(NC(=O)COC(=O)c2c3ccccc3cc3ccccc23)c([N+](=O)[O-])c1. The number of benzene rings is 4. The number of nitrogens with zero attached hydrogens (tertiary/aromatic N) is 1. The first-order valence-electron chi connectivity index (χ1n) is 9.68. The standard InChI is InChI=1S/C24H18N2O6/c1-31-17-10-11-20(21(13-17)26(29)30)25-22(27)14-32-24(28)23-18-8-4-2-6-15(18)12-16-7-3-5-9-19(16)23/h2-13H,14H2,1H3,(H,25,27). The van der Waals surface area contributed by atoms with Crippen molar-refractivity contribution in [2.75, 3.05) is 19.0 Å². The third kappa shape index (κ3) is 4.06. The number of nitrogens with one attached hydrogen (secondary N) is 1. The second-order valence-electron chi connectivity index (χ2n) is 6.96. The molecule has 0 spiro atoms. The average molecular weight is 430 g/mol. The molecule has 0 heterocycles. The number of fused-ring (bicyclic) bond motifs is 2. The first-order valence-corrected chi connectivity index (χ1v) is 9.68. The summed E-state index contributed by atoms with van der Waals surface area (Å²) in [5.41, 5.74) is 0.0125. The predicted molar refractivity (Wildman–Crippen MR) is 120 cm³/mol. The van der Waals surface area contributed by atoms with Gasteiger partial charge in [-0.1, -0.05) is 48.5 Å². The molecule has 0 fully saturated rings. The van der Waals surface area contributed by atoms with Crippen LogP contribution in [0, 0.1) is 10.1 Å². The first kappa shape index (κ1) is 20.8. The van der Waals surface area contributed by atoms with E-state index in [2.05, 4.69) is 5.32 Å². The van der Waals surface area contributed by atoms with Crippen LogP contribution in [-0.2, 0) is 9.53 Å². The summed E-state index contributed by atoms with van der Waals surface area (Å²) in [5, 5.41) is 16.9. The van der Waals surface area contributed by atoms with E-state index in [4.69, 9.17) is 9.47 Å². The predicted octanol–water partition coefficient (Wildman–Crippen LogP) is 4.71. The van der Waals surface area contributed by atoms with Crippen LogP contribution in [0.4, 0.5) is 11.4 Å². The third-order valence-electron chi connectivity index (χ3n) is 4.99. The van der Waals surface area contributed by atoms with Crippen molar-refractivity contribution in [3.8, 4) is 5.75 Å². The Bertz CT molecular complexity index is 1310. The number of nitro benzene ring substituents is 1. The normalized spacial score (nSPS) is 10.7. The minimum absolute atomic E-state index is 0.0209. The Labute approximate surface area is 182 Å². The quantitative estimate of drug-likeness (QED) is 0.206. The van der Waals surface area contributed by atoms with Gasteiger partial charge in [-0.25, -0.2) is 4.79 Å². The van der Waals surface area contributed by atoms with Gasteiger partial charge in [0.2, 0.25) is 0 Å². The number of nitro groups is 1. The maximum absolute atomic E-state index is 13.0. The Hall–Kier alpha value is -4.46. The summed E-state index contributed by atoms with van der Waals surface area (Å²) in [6.07, 6.45) is 0. The van der Waals surface area contributed by atoms with Crippen LogP contribution in [0.25, 0.3) is 21.5 Å². The van der Waals surface area contributed by atoms with E-state index in [1.54, 1.807) is 0 Å². The topological polar surface area (TPSA) is 108 Å². The van der Waals surface area contributed by atoms with E-state index < -0.39 is 23.4 Å². The largest absolute Gasteiger partial charge is 0.496 e. The number of hydrogen-bond acceptors (Lipinski definition) is 6. The van der Waals surface area contributed by atoms with E-state index in [0.29, 0.717) is 16.3 Å². The van der Waals surface area contributed by atoms with Gasteiger partial charge < -0.3 is 14.8 Å². The van der Waals surface area contributed by atoms with Crippen molar-refractivity contribution >= 4 is 44.8 Å². The van der Waals surface area contributed by atoms with Crippen molar-refractivity contribution in [3.63, 3.8) is 0 Å². The van der Waals surface area contributed by atoms with Crippen LogP contribution in [-0.4, -0.2) is 30.5 Å². The molecule has 160 valence electrons. The number of ether oxygens (including phenoxy) is 2.